The van der Waals surface area contributed by atoms with E-state index in [9.17, 15) is 0 Å². The Balaban J connectivity index is 1.54. The van der Waals surface area contributed by atoms with Crippen molar-refractivity contribution in [2.45, 2.75) is 13.3 Å². The Morgan fingerprint density at radius 1 is 0.875 bits per heavy atom. The SMILES string of the molecule is Cc1ccc(-c2ccc(-c3nc(Cc4ccno4)no3)cc2)nn1. The van der Waals surface area contributed by atoms with Gasteiger partial charge < -0.3 is 9.05 Å². The van der Waals surface area contributed by atoms with Crippen molar-refractivity contribution in [1.29, 1.82) is 0 Å². The highest BCUT2D eigenvalue weighted by Gasteiger charge is 2.11. The quantitative estimate of drug-likeness (QED) is 0.571. The summed E-state index contributed by atoms with van der Waals surface area (Å²) in [5.41, 5.74) is 3.53. The first-order valence-corrected chi connectivity index (χ1v) is 7.41. The summed E-state index contributed by atoms with van der Waals surface area (Å²) in [6.45, 7) is 1.91. The molecule has 0 aliphatic carbocycles. The smallest absolute Gasteiger partial charge is 0.257 e. The Kier molecular flexibility index (Phi) is 3.59. The van der Waals surface area contributed by atoms with E-state index >= 15 is 0 Å². The molecule has 0 fully saturated rings. The molecule has 4 aromatic rings. The summed E-state index contributed by atoms with van der Waals surface area (Å²) < 4.78 is 10.4. The molecule has 118 valence electrons. The van der Waals surface area contributed by atoms with E-state index < -0.39 is 0 Å². The van der Waals surface area contributed by atoms with Crippen LogP contribution in [0.25, 0.3) is 22.7 Å². The van der Waals surface area contributed by atoms with Gasteiger partial charge in [-0.05, 0) is 31.2 Å². The van der Waals surface area contributed by atoms with Crippen molar-refractivity contribution >= 4 is 0 Å². The summed E-state index contributed by atoms with van der Waals surface area (Å²) in [4.78, 5) is 4.38. The fourth-order valence-electron chi connectivity index (χ4n) is 2.27. The molecule has 7 heteroatoms. The van der Waals surface area contributed by atoms with E-state index in [-0.39, 0.29) is 0 Å². The first-order chi connectivity index (χ1) is 11.8. The molecule has 0 saturated heterocycles. The van der Waals surface area contributed by atoms with Gasteiger partial charge in [0.1, 0.15) is 5.76 Å². The molecule has 24 heavy (non-hydrogen) atoms. The summed E-state index contributed by atoms with van der Waals surface area (Å²) in [5, 5.41) is 15.9. The van der Waals surface area contributed by atoms with Gasteiger partial charge in [-0.15, -0.1) is 0 Å². The van der Waals surface area contributed by atoms with Gasteiger partial charge in [0.2, 0.25) is 0 Å². The molecular formula is C17H13N5O2. The molecule has 0 radical (unpaired) electrons. The highest BCUT2D eigenvalue weighted by Crippen LogP contribution is 2.23. The highest BCUT2D eigenvalue weighted by molar-refractivity contribution is 5.64. The van der Waals surface area contributed by atoms with E-state index in [4.69, 9.17) is 9.05 Å². The van der Waals surface area contributed by atoms with Gasteiger partial charge in [-0.25, -0.2) is 0 Å². The largest absolute Gasteiger partial charge is 0.361 e. The topological polar surface area (TPSA) is 90.7 Å². The van der Waals surface area contributed by atoms with Crippen LogP contribution in [0.2, 0.25) is 0 Å². The third kappa shape index (κ3) is 2.91. The monoisotopic (exact) mass is 319 g/mol. The van der Waals surface area contributed by atoms with Crippen molar-refractivity contribution in [3.8, 4) is 22.7 Å². The van der Waals surface area contributed by atoms with Crippen LogP contribution in [0.4, 0.5) is 0 Å². The molecule has 0 bridgehead atoms. The van der Waals surface area contributed by atoms with E-state index in [2.05, 4.69) is 25.5 Å². The van der Waals surface area contributed by atoms with Crippen molar-refractivity contribution in [3.05, 3.63) is 65.9 Å². The summed E-state index contributed by atoms with van der Waals surface area (Å²) in [7, 11) is 0. The van der Waals surface area contributed by atoms with E-state index in [0.29, 0.717) is 23.9 Å². The molecule has 7 nitrogen and oxygen atoms in total. The van der Waals surface area contributed by atoms with Gasteiger partial charge in [-0.2, -0.15) is 15.2 Å². The maximum Gasteiger partial charge on any atom is 0.257 e. The number of rotatable bonds is 4. The Morgan fingerprint density at radius 2 is 1.71 bits per heavy atom. The Labute approximate surface area is 137 Å². The van der Waals surface area contributed by atoms with Gasteiger partial charge in [0.05, 0.1) is 24.0 Å². The van der Waals surface area contributed by atoms with Crippen LogP contribution in [0.15, 0.2) is 57.7 Å². The number of nitrogens with zero attached hydrogens (tertiary/aromatic N) is 5. The molecule has 3 aromatic heterocycles. The summed E-state index contributed by atoms with van der Waals surface area (Å²) in [5.74, 6) is 1.71. The highest BCUT2D eigenvalue weighted by atomic mass is 16.5. The van der Waals surface area contributed by atoms with Crippen LogP contribution in [-0.4, -0.2) is 25.5 Å². The third-order valence-electron chi connectivity index (χ3n) is 3.52. The second-order valence-corrected chi connectivity index (χ2v) is 5.31. The minimum Gasteiger partial charge on any atom is -0.361 e. The van der Waals surface area contributed by atoms with E-state index in [0.717, 1.165) is 22.5 Å². The minimum absolute atomic E-state index is 0.445. The average Bonchev–Trinajstić information content (AvgIpc) is 3.28. The van der Waals surface area contributed by atoms with Crippen molar-refractivity contribution < 1.29 is 9.05 Å². The maximum absolute atomic E-state index is 5.31. The molecule has 3 heterocycles. The van der Waals surface area contributed by atoms with Gasteiger partial charge in [-0.3, -0.25) is 0 Å². The molecule has 1 aromatic carbocycles. The van der Waals surface area contributed by atoms with E-state index in [1.165, 1.54) is 0 Å². The molecule has 0 aliphatic rings. The number of aryl methyl sites for hydroxylation is 1. The average molecular weight is 319 g/mol. The van der Waals surface area contributed by atoms with Crippen molar-refractivity contribution in [1.82, 2.24) is 25.5 Å². The van der Waals surface area contributed by atoms with Crippen LogP contribution < -0.4 is 0 Å². The van der Waals surface area contributed by atoms with Crippen molar-refractivity contribution in [2.75, 3.05) is 0 Å². The molecule has 4 rings (SSSR count). The molecule has 0 unspecified atom stereocenters. The summed E-state index contributed by atoms with van der Waals surface area (Å²) >= 11 is 0. The van der Waals surface area contributed by atoms with Gasteiger partial charge in [0.25, 0.3) is 5.89 Å². The zero-order chi connectivity index (χ0) is 16.4. The van der Waals surface area contributed by atoms with Crippen LogP contribution in [0.5, 0.6) is 0 Å². The molecule has 0 N–H and O–H groups in total. The lowest BCUT2D eigenvalue weighted by molar-refractivity contribution is 0.382. The fraction of sp³-hybridized carbons (Fsp3) is 0.118. The Bertz CT molecular complexity index is 928. The van der Waals surface area contributed by atoms with Crippen LogP contribution >= 0.6 is 0 Å². The number of aromatic nitrogens is 5. The van der Waals surface area contributed by atoms with Crippen LogP contribution in [-0.2, 0) is 6.42 Å². The predicted octanol–water partition coefficient (Wildman–Crippen LogP) is 3.08. The number of benzene rings is 1. The van der Waals surface area contributed by atoms with Gasteiger partial charge in [0.15, 0.2) is 5.82 Å². The lowest BCUT2D eigenvalue weighted by Crippen LogP contribution is -1.90. The molecule has 0 saturated carbocycles. The van der Waals surface area contributed by atoms with Gasteiger partial charge >= 0.3 is 0 Å². The van der Waals surface area contributed by atoms with Gasteiger partial charge in [0, 0.05) is 17.2 Å². The standard InChI is InChI=1S/C17H13N5O2/c1-11-2-7-15(21-20-11)12-3-5-13(6-4-12)17-19-16(22-24-17)10-14-8-9-18-23-14/h2-9H,10H2,1H3. The fourth-order valence-corrected chi connectivity index (χ4v) is 2.27. The molecule has 0 amide bonds. The predicted molar refractivity (Wildman–Crippen MR) is 84.8 cm³/mol. The zero-order valence-electron chi connectivity index (χ0n) is 12.9. The molecule has 0 atom stereocenters. The van der Waals surface area contributed by atoms with E-state index in [1.54, 1.807) is 12.3 Å². The Morgan fingerprint density at radius 3 is 2.42 bits per heavy atom. The zero-order valence-corrected chi connectivity index (χ0v) is 12.9. The van der Waals surface area contributed by atoms with Crippen LogP contribution in [0.1, 0.15) is 17.3 Å². The second-order valence-electron chi connectivity index (χ2n) is 5.31. The van der Waals surface area contributed by atoms with Crippen molar-refractivity contribution in [3.63, 3.8) is 0 Å². The summed E-state index contributed by atoms with van der Waals surface area (Å²) in [6, 6.07) is 13.4. The third-order valence-corrected chi connectivity index (χ3v) is 3.52. The minimum atomic E-state index is 0.445. The number of hydrogen-bond acceptors (Lipinski definition) is 7. The molecule has 0 aliphatic heterocycles. The van der Waals surface area contributed by atoms with Gasteiger partial charge in [-0.1, -0.05) is 22.4 Å². The normalized spacial score (nSPS) is 10.9. The first kappa shape index (κ1) is 14.3. The van der Waals surface area contributed by atoms with Crippen LogP contribution in [0, 0.1) is 6.92 Å². The lowest BCUT2D eigenvalue weighted by atomic mass is 10.1. The number of hydrogen-bond donors (Lipinski definition) is 0. The summed E-state index contributed by atoms with van der Waals surface area (Å²) in [6.07, 6.45) is 2.03. The van der Waals surface area contributed by atoms with Crippen molar-refractivity contribution in [2.24, 2.45) is 0 Å². The Hall–Kier alpha value is -3.35. The lowest BCUT2D eigenvalue weighted by Gasteiger charge is -2.01. The molecular weight excluding hydrogens is 306 g/mol. The molecule has 0 spiro atoms. The first-order valence-electron chi connectivity index (χ1n) is 7.41. The maximum atomic E-state index is 5.31. The van der Waals surface area contributed by atoms with Crippen LogP contribution in [0.3, 0.4) is 0 Å². The second kappa shape index (κ2) is 6.04. The van der Waals surface area contributed by atoms with E-state index in [1.807, 2.05) is 43.3 Å².